The summed E-state index contributed by atoms with van der Waals surface area (Å²) < 4.78 is 5.20. The van der Waals surface area contributed by atoms with Crippen LogP contribution < -0.4 is 11.1 Å². The van der Waals surface area contributed by atoms with Crippen LogP contribution in [0.1, 0.15) is 26.7 Å². The molecular formula is C19H23N5O4. The molecule has 0 bridgehead atoms. The van der Waals surface area contributed by atoms with Crippen molar-refractivity contribution in [3.8, 4) is 0 Å². The standard InChI is InChI=1S/C19H23N5O4/c20-18(26)15-3-4-16(28-15)19(27)24-10-8-23(9-11-24)7-6-22-17(25)12-14-2-1-5-21-13-14/h1-5,13H,6-12H2,(H2,20,26)(H,22,25). The van der Waals surface area contributed by atoms with Crippen molar-refractivity contribution >= 4 is 17.7 Å². The largest absolute Gasteiger partial charge is 0.446 e. The fourth-order valence-electron chi connectivity index (χ4n) is 3.02. The summed E-state index contributed by atoms with van der Waals surface area (Å²) in [6.45, 7) is 3.77. The predicted octanol–water partition coefficient (Wildman–Crippen LogP) is -0.110. The van der Waals surface area contributed by atoms with Gasteiger partial charge in [-0.05, 0) is 23.8 Å². The van der Waals surface area contributed by atoms with E-state index < -0.39 is 5.91 Å². The second kappa shape index (κ2) is 9.14. The first-order valence-corrected chi connectivity index (χ1v) is 9.10. The summed E-state index contributed by atoms with van der Waals surface area (Å²) in [5.41, 5.74) is 6.02. The van der Waals surface area contributed by atoms with Gasteiger partial charge in [0.05, 0.1) is 6.42 Å². The molecule has 3 heterocycles. The summed E-state index contributed by atoms with van der Waals surface area (Å²) in [4.78, 5) is 43.3. The Hall–Kier alpha value is -3.20. The lowest BCUT2D eigenvalue weighted by Gasteiger charge is -2.34. The molecule has 0 aliphatic carbocycles. The summed E-state index contributed by atoms with van der Waals surface area (Å²) in [6, 6.07) is 6.54. The summed E-state index contributed by atoms with van der Waals surface area (Å²) in [7, 11) is 0. The Balaban J connectivity index is 1.37. The molecule has 0 radical (unpaired) electrons. The Bertz CT molecular complexity index is 828. The van der Waals surface area contributed by atoms with Gasteiger partial charge in [0.1, 0.15) is 0 Å². The van der Waals surface area contributed by atoms with Crippen molar-refractivity contribution in [2.24, 2.45) is 5.73 Å². The van der Waals surface area contributed by atoms with Crippen LogP contribution in [-0.4, -0.2) is 71.8 Å². The zero-order chi connectivity index (χ0) is 19.9. The number of nitrogens with zero attached hydrogens (tertiary/aromatic N) is 3. The third kappa shape index (κ3) is 5.17. The first-order chi connectivity index (χ1) is 13.5. The van der Waals surface area contributed by atoms with Crippen molar-refractivity contribution in [1.82, 2.24) is 20.1 Å². The predicted molar refractivity (Wildman–Crippen MR) is 101 cm³/mol. The van der Waals surface area contributed by atoms with E-state index in [1.807, 2.05) is 6.07 Å². The molecule has 2 aromatic rings. The van der Waals surface area contributed by atoms with Gasteiger partial charge in [-0.25, -0.2) is 0 Å². The topological polar surface area (TPSA) is 122 Å². The molecule has 28 heavy (non-hydrogen) atoms. The Kier molecular flexibility index (Phi) is 6.38. The number of nitrogens with one attached hydrogen (secondary N) is 1. The van der Waals surface area contributed by atoms with Gasteiger partial charge in [0.15, 0.2) is 11.5 Å². The number of pyridine rings is 1. The van der Waals surface area contributed by atoms with Crippen molar-refractivity contribution in [2.45, 2.75) is 6.42 Å². The number of hydrogen-bond acceptors (Lipinski definition) is 6. The number of carbonyl (C=O) groups excluding carboxylic acids is 3. The maximum absolute atomic E-state index is 12.4. The Morgan fingerprint density at radius 1 is 1.11 bits per heavy atom. The zero-order valence-corrected chi connectivity index (χ0v) is 15.5. The van der Waals surface area contributed by atoms with Crippen LogP contribution in [0, 0.1) is 0 Å². The van der Waals surface area contributed by atoms with Crippen LogP contribution in [0.4, 0.5) is 0 Å². The molecule has 0 spiro atoms. The number of carbonyl (C=O) groups is 3. The van der Waals surface area contributed by atoms with E-state index in [9.17, 15) is 14.4 Å². The molecule has 9 heteroatoms. The molecule has 1 saturated heterocycles. The number of rotatable bonds is 7. The lowest BCUT2D eigenvalue weighted by molar-refractivity contribution is -0.120. The normalized spacial score (nSPS) is 14.6. The highest BCUT2D eigenvalue weighted by atomic mass is 16.4. The van der Waals surface area contributed by atoms with Crippen molar-refractivity contribution < 1.29 is 18.8 Å². The molecule has 0 unspecified atom stereocenters. The molecule has 1 aliphatic rings. The molecule has 0 atom stereocenters. The van der Waals surface area contributed by atoms with Gasteiger partial charge < -0.3 is 20.4 Å². The van der Waals surface area contributed by atoms with Crippen LogP contribution in [0.25, 0.3) is 0 Å². The Morgan fingerprint density at radius 2 is 1.86 bits per heavy atom. The molecule has 148 valence electrons. The second-order valence-electron chi connectivity index (χ2n) is 6.55. The number of piperazine rings is 1. The first-order valence-electron chi connectivity index (χ1n) is 9.10. The Labute approximate surface area is 162 Å². The smallest absolute Gasteiger partial charge is 0.289 e. The quantitative estimate of drug-likeness (QED) is 0.686. The Morgan fingerprint density at radius 3 is 2.50 bits per heavy atom. The van der Waals surface area contributed by atoms with Crippen molar-refractivity contribution in [1.29, 1.82) is 0 Å². The summed E-state index contributed by atoms with van der Waals surface area (Å²) in [5, 5.41) is 2.90. The van der Waals surface area contributed by atoms with E-state index in [1.54, 1.807) is 23.4 Å². The lowest BCUT2D eigenvalue weighted by Crippen LogP contribution is -2.50. The monoisotopic (exact) mass is 385 g/mol. The molecule has 2 aromatic heterocycles. The number of amides is 3. The fourth-order valence-corrected chi connectivity index (χ4v) is 3.02. The van der Waals surface area contributed by atoms with E-state index >= 15 is 0 Å². The molecule has 0 saturated carbocycles. The number of furan rings is 1. The minimum absolute atomic E-state index is 0.0241. The van der Waals surface area contributed by atoms with Gasteiger partial charge in [0, 0.05) is 51.7 Å². The van der Waals surface area contributed by atoms with Gasteiger partial charge in [0.25, 0.3) is 11.8 Å². The van der Waals surface area contributed by atoms with Crippen molar-refractivity contribution in [3.63, 3.8) is 0 Å². The molecule has 9 nitrogen and oxygen atoms in total. The van der Waals surface area contributed by atoms with Crippen LogP contribution in [0.3, 0.4) is 0 Å². The molecular weight excluding hydrogens is 362 g/mol. The molecule has 1 aliphatic heterocycles. The summed E-state index contributed by atoms with van der Waals surface area (Å²) in [5.74, 6) is -0.898. The van der Waals surface area contributed by atoms with Crippen molar-refractivity contribution in [2.75, 3.05) is 39.3 Å². The third-order valence-electron chi connectivity index (χ3n) is 4.56. The molecule has 3 amide bonds. The fraction of sp³-hybridized carbons (Fsp3) is 0.368. The molecule has 0 aromatic carbocycles. The number of aromatic nitrogens is 1. The molecule has 1 fully saturated rings. The molecule has 3 N–H and O–H groups in total. The van der Waals surface area contributed by atoms with E-state index in [0.717, 1.165) is 5.56 Å². The van der Waals surface area contributed by atoms with E-state index in [-0.39, 0.29) is 23.3 Å². The highest BCUT2D eigenvalue weighted by Gasteiger charge is 2.24. The number of hydrogen-bond donors (Lipinski definition) is 2. The molecule has 3 rings (SSSR count). The van der Waals surface area contributed by atoms with Crippen molar-refractivity contribution in [3.05, 3.63) is 53.7 Å². The SMILES string of the molecule is NC(=O)c1ccc(C(=O)N2CCN(CCNC(=O)Cc3cccnc3)CC2)o1. The van der Waals surface area contributed by atoms with E-state index in [1.165, 1.54) is 12.1 Å². The van der Waals surface area contributed by atoms with Gasteiger partial charge in [-0.15, -0.1) is 0 Å². The van der Waals surface area contributed by atoms with Crippen LogP contribution >= 0.6 is 0 Å². The number of nitrogens with two attached hydrogens (primary N) is 1. The van der Waals surface area contributed by atoms with Gasteiger partial charge in [-0.2, -0.15) is 0 Å². The van der Waals surface area contributed by atoms with Crippen LogP contribution in [0.15, 0.2) is 41.1 Å². The average Bonchev–Trinajstić information content (AvgIpc) is 3.19. The maximum atomic E-state index is 12.4. The minimum atomic E-state index is -0.700. The van der Waals surface area contributed by atoms with E-state index in [2.05, 4.69) is 15.2 Å². The average molecular weight is 385 g/mol. The van der Waals surface area contributed by atoms with Crippen LogP contribution in [0.5, 0.6) is 0 Å². The lowest BCUT2D eigenvalue weighted by atomic mass is 10.2. The summed E-state index contributed by atoms with van der Waals surface area (Å²) >= 11 is 0. The van der Waals surface area contributed by atoms with E-state index in [4.69, 9.17) is 10.2 Å². The van der Waals surface area contributed by atoms with Crippen LogP contribution in [0.2, 0.25) is 0 Å². The number of primary amides is 1. The van der Waals surface area contributed by atoms with Gasteiger partial charge in [0.2, 0.25) is 5.91 Å². The zero-order valence-electron chi connectivity index (χ0n) is 15.5. The third-order valence-corrected chi connectivity index (χ3v) is 4.56. The van der Waals surface area contributed by atoms with Gasteiger partial charge >= 0.3 is 0 Å². The van der Waals surface area contributed by atoms with Gasteiger partial charge in [-0.3, -0.25) is 24.3 Å². The minimum Gasteiger partial charge on any atom is -0.446 e. The maximum Gasteiger partial charge on any atom is 0.289 e. The second-order valence-corrected chi connectivity index (χ2v) is 6.55. The first kappa shape index (κ1) is 19.6. The van der Waals surface area contributed by atoms with E-state index in [0.29, 0.717) is 45.7 Å². The van der Waals surface area contributed by atoms with Crippen LogP contribution in [-0.2, 0) is 11.2 Å². The van der Waals surface area contributed by atoms with Gasteiger partial charge in [-0.1, -0.05) is 6.07 Å². The summed E-state index contributed by atoms with van der Waals surface area (Å²) in [6.07, 6.45) is 3.67. The highest BCUT2D eigenvalue weighted by molar-refractivity contribution is 5.95. The highest BCUT2D eigenvalue weighted by Crippen LogP contribution is 2.12.